The highest BCUT2D eigenvalue weighted by Gasteiger charge is 2.26. The Morgan fingerprint density at radius 3 is 2.00 bits per heavy atom. The van der Waals surface area contributed by atoms with Gasteiger partial charge < -0.3 is 0 Å². The van der Waals surface area contributed by atoms with Crippen LogP contribution in [0.15, 0.2) is 54.6 Å². The van der Waals surface area contributed by atoms with Gasteiger partial charge in [-0.15, -0.1) is 0 Å². The van der Waals surface area contributed by atoms with Crippen LogP contribution < -0.4 is 0 Å². The lowest BCUT2D eigenvalue weighted by atomic mass is 10.0. The van der Waals surface area contributed by atoms with Gasteiger partial charge in [0.2, 0.25) is 0 Å². The predicted molar refractivity (Wildman–Crippen MR) is 105 cm³/mol. The molecule has 0 aliphatic heterocycles. The van der Waals surface area contributed by atoms with Gasteiger partial charge in [0.25, 0.3) is 0 Å². The molecule has 0 saturated heterocycles. The topological polar surface area (TPSA) is 0 Å². The first kappa shape index (κ1) is 16.1. The first-order valence-electron chi connectivity index (χ1n) is 7.30. The van der Waals surface area contributed by atoms with Crippen LogP contribution in [0.2, 0.25) is 20.1 Å². The molecule has 0 atom stereocenters. The standard InChI is InChI=1S/C20H10Cl4/c21-12-3-1-11(2-4-12)7-16-17-8-13(22)5-6-15(17)20-18(16)9-14(23)10-19(20)24/h1-10H. The van der Waals surface area contributed by atoms with Crippen LogP contribution >= 0.6 is 46.4 Å². The molecule has 0 unspecified atom stereocenters. The number of benzene rings is 3. The van der Waals surface area contributed by atoms with Crippen molar-refractivity contribution in [3.63, 3.8) is 0 Å². The van der Waals surface area contributed by atoms with Gasteiger partial charge in [-0.1, -0.05) is 64.6 Å². The van der Waals surface area contributed by atoms with Gasteiger partial charge in [0, 0.05) is 20.6 Å². The molecule has 0 saturated carbocycles. The Kier molecular flexibility index (Phi) is 4.10. The summed E-state index contributed by atoms with van der Waals surface area (Å²) in [5, 5.41) is 2.64. The number of hydrogen-bond donors (Lipinski definition) is 0. The molecular weight excluding hydrogens is 382 g/mol. The van der Waals surface area contributed by atoms with Crippen molar-refractivity contribution >= 4 is 58.1 Å². The Morgan fingerprint density at radius 2 is 1.25 bits per heavy atom. The van der Waals surface area contributed by atoms with Crippen LogP contribution in [0.4, 0.5) is 0 Å². The van der Waals surface area contributed by atoms with Crippen molar-refractivity contribution in [1.82, 2.24) is 0 Å². The van der Waals surface area contributed by atoms with Crippen molar-refractivity contribution in [3.05, 3.63) is 91.4 Å². The summed E-state index contributed by atoms with van der Waals surface area (Å²) in [5.74, 6) is 0. The normalized spacial score (nSPS) is 13.9. The highest BCUT2D eigenvalue weighted by Crippen LogP contribution is 2.49. The quantitative estimate of drug-likeness (QED) is 0.309. The van der Waals surface area contributed by atoms with Gasteiger partial charge in [0.05, 0.1) is 5.02 Å². The minimum absolute atomic E-state index is 0.611. The monoisotopic (exact) mass is 390 g/mol. The first-order valence-corrected chi connectivity index (χ1v) is 8.81. The molecule has 0 spiro atoms. The van der Waals surface area contributed by atoms with E-state index in [-0.39, 0.29) is 0 Å². The molecule has 4 heteroatoms. The Balaban J connectivity index is 2.01. The summed E-state index contributed by atoms with van der Waals surface area (Å²) in [6, 6.07) is 17.2. The highest BCUT2D eigenvalue weighted by molar-refractivity contribution is 6.38. The fraction of sp³-hybridized carbons (Fsp3) is 0. The average molecular weight is 392 g/mol. The van der Waals surface area contributed by atoms with Crippen LogP contribution in [0.1, 0.15) is 16.7 Å². The second-order valence-corrected chi connectivity index (χ2v) is 7.33. The maximum Gasteiger partial charge on any atom is 0.0505 e. The second-order valence-electron chi connectivity index (χ2n) is 5.61. The maximum absolute atomic E-state index is 6.47. The maximum atomic E-state index is 6.47. The summed E-state index contributed by atoms with van der Waals surface area (Å²) in [6.07, 6.45) is 2.10. The third-order valence-corrected chi connectivity index (χ3v) is 5.07. The van der Waals surface area contributed by atoms with Crippen LogP contribution in [0.3, 0.4) is 0 Å². The Labute approximate surface area is 160 Å². The molecule has 3 aromatic carbocycles. The predicted octanol–water partition coefficient (Wildman–Crippen LogP) is 7.87. The van der Waals surface area contributed by atoms with Crippen LogP contribution in [-0.4, -0.2) is 0 Å². The molecule has 24 heavy (non-hydrogen) atoms. The Bertz CT molecular complexity index is 985. The molecule has 0 N–H and O–H groups in total. The minimum Gasteiger partial charge on any atom is -0.0843 e. The first-order chi connectivity index (χ1) is 11.5. The summed E-state index contributed by atoms with van der Waals surface area (Å²) in [4.78, 5) is 0. The van der Waals surface area contributed by atoms with E-state index in [0.717, 1.165) is 33.4 Å². The van der Waals surface area contributed by atoms with Crippen LogP contribution in [0.25, 0.3) is 22.8 Å². The molecule has 1 aliphatic rings. The molecule has 0 bridgehead atoms. The Hall–Kier alpha value is -1.44. The van der Waals surface area contributed by atoms with Gasteiger partial charge in [0.15, 0.2) is 0 Å². The lowest BCUT2D eigenvalue weighted by molar-refractivity contribution is 1.64. The third-order valence-electron chi connectivity index (χ3n) is 4.07. The van der Waals surface area contributed by atoms with E-state index in [1.165, 1.54) is 0 Å². The van der Waals surface area contributed by atoms with Gasteiger partial charge in [-0.3, -0.25) is 0 Å². The van der Waals surface area contributed by atoms with E-state index in [0.29, 0.717) is 20.1 Å². The van der Waals surface area contributed by atoms with E-state index in [9.17, 15) is 0 Å². The molecule has 0 heterocycles. The van der Waals surface area contributed by atoms with Crippen molar-refractivity contribution < 1.29 is 0 Å². The van der Waals surface area contributed by atoms with Crippen LogP contribution in [0.5, 0.6) is 0 Å². The fourth-order valence-electron chi connectivity index (χ4n) is 3.04. The molecule has 0 radical (unpaired) electrons. The number of rotatable bonds is 1. The molecule has 0 fully saturated rings. The van der Waals surface area contributed by atoms with Gasteiger partial charge in [-0.2, -0.15) is 0 Å². The molecule has 0 amide bonds. The molecular formula is C20H10Cl4. The zero-order chi connectivity index (χ0) is 16.8. The fourth-order valence-corrected chi connectivity index (χ4v) is 3.94. The molecule has 0 aromatic heterocycles. The van der Waals surface area contributed by atoms with Crippen molar-refractivity contribution in [2.75, 3.05) is 0 Å². The van der Waals surface area contributed by atoms with Gasteiger partial charge in [-0.25, -0.2) is 0 Å². The summed E-state index contributed by atoms with van der Waals surface area (Å²) >= 11 is 24.9. The lowest BCUT2D eigenvalue weighted by Gasteiger charge is -2.05. The van der Waals surface area contributed by atoms with Gasteiger partial charge in [0.1, 0.15) is 0 Å². The number of hydrogen-bond acceptors (Lipinski definition) is 0. The van der Waals surface area contributed by atoms with Crippen molar-refractivity contribution in [3.8, 4) is 11.1 Å². The average Bonchev–Trinajstić information content (AvgIpc) is 2.83. The van der Waals surface area contributed by atoms with E-state index in [1.807, 2.05) is 48.5 Å². The van der Waals surface area contributed by atoms with E-state index in [2.05, 4.69) is 6.08 Å². The molecule has 4 rings (SSSR count). The number of fused-ring (bicyclic) bond motifs is 3. The summed E-state index contributed by atoms with van der Waals surface area (Å²) < 4.78 is 0. The smallest absolute Gasteiger partial charge is 0.0505 e. The second kappa shape index (κ2) is 6.13. The van der Waals surface area contributed by atoms with E-state index >= 15 is 0 Å². The summed E-state index contributed by atoms with van der Waals surface area (Å²) in [6.45, 7) is 0. The van der Waals surface area contributed by atoms with Gasteiger partial charge >= 0.3 is 0 Å². The molecule has 118 valence electrons. The van der Waals surface area contributed by atoms with Crippen molar-refractivity contribution in [1.29, 1.82) is 0 Å². The third kappa shape index (κ3) is 2.74. The molecule has 0 nitrogen and oxygen atoms in total. The lowest BCUT2D eigenvalue weighted by Crippen LogP contribution is -1.83. The summed E-state index contributed by atoms with van der Waals surface area (Å²) in [5.41, 5.74) is 6.22. The SMILES string of the molecule is Clc1ccc(C=C2c3cc(Cl)ccc3-c3c(Cl)cc(Cl)cc32)cc1. The number of halogens is 4. The van der Waals surface area contributed by atoms with E-state index in [1.54, 1.807) is 6.07 Å². The van der Waals surface area contributed by atoms with Gasteiger partial charge in [-0.05, 0) is 70.3 Å². The highest BCUT2D eigenvalue weighted by atomic mass is 35.5. The molecule has 1 aliphatic carbocycles. The van der Waals surface area contributed by atoms with E-state index < -0.39 is 0 Å². The van der Waals surface area contributed by atoms with Crippen molar-refractivity contribution in [2.24, 2.45) is 0 Å². The molecule has 3 aromatic rings. The zero-order valence-electron chi connectivity index (χ0n) is 12.3. The van der Waals surface area contributed by atoms with Crippen LogP contribution in [-0.2, 0) is 0 Å². The minimum atomic E-state index is 0.611. The van der Waals surface area contributed by atoms with Crippen molar-refractivity contribution in [2.45, 2.75) is 0 Å². The zero-order valence-corrected chi connectivity index (χ0v) is 15.3. The Morgan fingerprint density at radius 1 is 0.583 bits per heavy atom. The summed E-state index contributed by atoms with van der Waals surface area (Å²) in [7, 11) is 0. The van der Waals surface area contributed by atoms with E-state index in [4.69, 9.17) is 46.4 Å². The van der Waals surface area contributed by atoms with Crippen LogP contribution in [0, 0.1) is 0 Å². The largest absolute Gasteiger partial charge is 0.0843 e.